The van der Waals surface area contributed by atoms with E-state index in [1.54, 1.807) is 0 Å². The molecule has 0 amide bonds. The van der Waals surface area contributed by atoms with Crippen molar-refractivity contribution in [3.05, 3.63) is 0 Å². The molecule has 62 valence electrons. The third-order valence-electron chi connectivity index (χ3n) is 0.393. The second kappa shape index (κ2) is 9.56. The maximum absolute atomic E-state index is 8.70. The van der Waals surface area contributed by atoms with E-state index in [1.807, 2.05) is 6.92 Å². The van der Waals surface area contributed by atoms with Crippen LogP contribution in [0.15, 0.2) is 0 Å². The van der Waals surface area contributed by atoms with Gasteiger partial charge in [0.25, 0.3) is 0 Å². The summed E-state index contributed by atoms with van der Waals surface area (Å²) in [5.41, 5.74) is 0. The minimum absolute atomic E-state index is 0.739. The SMILES string of the molecule is CCCN(Cl)Cl.O=[P+](O)O. The number of rotatable bonds is 2. The van der Waals surface area contributed by atoms with Crippen LogP contribution >= 0.6 is 31.8 Å². The number of halogens is 2. The van der Waals surface area contributed by atoms with Crippen LogP contribution in [0.25, 0.3) is 0 Å². The molecule has 0 aliphatic rings. The van der Waals surface area contributed by atoms with Gasteiger partial charge in [0, 0.05) is 11.1 Å². The number of nitrogens with zero attached hydrogens (tertiary/aromatic N) is 1. The van der Waals surface area contributed by atoms with Gasteiger partial charge in [0.15, 0.2) is 0 Å². The topological polar surface area (TPSA) is 60.8 Å². The number of hydrogen-bond acceptors (Lipinski definition) is 2. The first-order valence-electron chi connectivity index (χ1n) is 2.44. The van der Waals surface area contributed by atoms with Crippen molar-refractivity contribution in [3.8, 4) is 0 Å². The molecule has 0 aromatic rings. The van der Waals surface area contributed by atoms with E-state index in [9.17, 15) is 0 Å². The van der Waals surface area contributed by atoms with E-state index in [0.29, 0.717) is 0 Å². The zero-order chi connectivity index (χ0) is 8.57. The van der Waals surface area contributed by atoms with E-state index in [0.717, 1.165) is 16.9 Å². The Morgan fingerprint density at radius 1 is 1.50 bits per heavy atom. The highest BCUT2D eigenvalue weighted by molar-refractivity contribution is 7.30. The first-order valence-corrected chi connectivity index (χ1v) is 4.29. The monoisotopic (exact) mass is 208 g/mol. The first kappa shape index (κ1) is 13.2. The van der Waals surface area contributed by atoms with Gasteiger partial charge < -0.3 is 0 Å². The summed E-state index contributed by atoms with van der Waals surface area (Å²) in [7, 11) is -2.87. The second-order valence-corrected chi connectivity index (χ2v) is 2.77. The predicted molar refractivity (Wildman–Crippen MR) is 40.7 cm³/mol. The van der Waals surface area contributed by atoms with Crippen LogP contribution in [-0.2, 0) is 4.57 Å². The van der Waals surface area contributed by atoms with Gasteiger partial charge in [0.1, 0.15) is 0 Å². The molecular formula is C3H9Cl2NO3P+. The van der Waals surface area contributed by atoms with Crippen LogP contribution in [0.1, 0.15) is 13.3 Å². The smallest absolute Gasteiger partial charge is 0.134 e. The van der Waals surface area contributed by atoms with E-state index < -0.39 is 8.25 Å². The third kappa shape index (κ3) is 38.6. The van der Waals surface area contributed by atoms with Gasteiger partial charge in [-0.3, -0.25) is 0 Å². The predicted octanol–water partition coefficient (Wildman–Crippen LogP) is 1.63. The second-order valence-electron chi connectivity index (χ2n) is 1.28. The lowest BCUT2D eigenvalue weighted by Crippen LogP contribution is -1.95. The van der Waals surface area contributed by atoms with Crippen molar-refractivity contribution in [3.63, 3.8) is 0 Å². The molecule has 0 rings (SSSR count). The third-order valence-corrected chi connectivity index (χ3v) is 0.731. The van der Waals surface area contributed by atoms with Crippen molar-refractivity contribution in [1.29, 1.82) is 0 Å². The zero-order valence-corrected chi connectivity index (χ0v) is 7.77. The van der Waals surface area contributed by atoms with Gasteiger partial charge in [-0.1, -0.05) is 6.92 Å². The summed E-state index contributed by atoms with van der Waals surface area (Å²) in [6.07, 6.45) is 0.993. The van der Waals surface area contributed by atoms with Gasteiger partial charge in [0.05, 0.1) is 0 Å². The van der Waals surface area contributed by atoms with Gasteiger partial charge in [0.2, 0.25) is 0 Å². The standard InChI is InChI=1S/C3H7Cl2N.HO3P/c1-2-3-6(4)5;1-4(2)3/h2-3H2,1H3;(H-,1,2,3)/p+1. The maximum Gasteiger partial charge on any atom is 0.692 e. The molecule has 0 aromatic heterocycles. The Morgan fingerprint density at radius 2 is 1.80 bits per heavy atom. The van der Waals surface area contributed by atoms with Crippen LogP contribution < -0.4 is 0 Å². The highest BCUT2D eigenvalue weighted by Gasteiger charge is 1.93. The summed E-state index contributed by atoms with van der Waals surface area (Å²) in [6.45, 7) is 2.75. The Balaban J connectivity index is 0. The Labute approximate surface area is 70.5 Å². The summed E-state index contributed by atoms with van der Waals surface area (Å²) in [4.78, 5) is 14.2. The molecule has 0 atom stereocenters. The van der Waals surface area contributed by atoms with Crippen molar-refractivity contribution in [2.45, 2.75) is 13.3 Å². The molecule has 0 aromatic carbocycles. The molecule has 0 saturated heterocycles. The lowest BCUT2D eigenvalue weighted by Gasteiger charge is -1.95. The van der Waals surface area contributed by atoms with Gasteiger partial charge in [-0.25, -0.2) is 0 Å². The van der Waals surface area contributed by atoms with Gasteiger partial charge in [-0.05, 0) is 30.0 Å². The van der Waals surface area contributed by atoms with Crippen molar-refractivity contribution >= 4 is 31.8 Å². The molecule has 0 unspecified atom stereocenters. The average Bonchev–Trinajstić information content (AvgIpc) is 1.62. The molecule has 0 bridgehead atoms. The highest BCUT2D eigenvalue weighted by atomic mass is 35.5. The van der Waals surface area contributed by atoms with Gasteiger partial charge in [-0.15, -0.1) is 13.7 Å². The first-order chi connectivity index (χ1) is 4.50. The van der Waals surface area contributed by atoms with Crippen LogP contribution in [-0.4, -0.2) is 20.3 Å². The van der Waals surface area contributed by atoms with E-state index in [4.69, 9.17) is 37.9 Å². The molecule has 0 saturated carbocycles. The van der Waals surface area contributed by atoms with Crippen LogP contribution in [0.5, 0.6) is 0 Å². The fraction of sp³-hybridized carbons (Fsp3) is 1.00. The van der Waals surface area contributed by atoms with Crippen LogP contribution in [0.2, 0.25) is 0 Å². The zero-order valence-electron chi connectivity index (χ0n) is 5.37. The molecule has 10 heavy (non-hydrogen) atoms. The van der Waals surface area contributed by atoms with Crippen LogP contribution in [0.3, 0.4) is 0 Å². The quantitative estimate of drug-likeness (QED) is 0.535. The summed E-state index contributed by atoms with van der Waals surface area (Å²) < 4.78 is 9.83. The molecule has 0 heterocycles. The largest absolute Gasteiger partial charge is 0.692 e. The molecule has 0 fully saturated rings. The highest BCUT2D eigenvalue weighted by Crippen LogP contribution is 1.98. The molecule has 0 aliphatic carbocycles. The van der Waals surface area contributed by atoms with Crippen LogP contribution in [0.4, 0.5) is 0 Å². The Bertz CT molecular complexity index is 87.8. The average molecular weight is 209 g/mol. The van der Waals surface area contributed by atoms with Crippen molar-refractivity contribution in [2.75, 3.05) is 6.54 Å². The summed E-state index contributed by atoms with van der Waals surface area (Å²) in [5, 5.41) is 0. The lowest BCUT2D eigenvalue weighted by atomic mass is 10.5. The Kier molecular flexibility index (Phi) is 12.6. The molecule has 7 heteroatoms. The van der Waals surface area contributed by atoms with E-state index in [1.165, 1.54) is 0 Å². The van der Waals surface area contributed by atoms with Crippen molar-refractivity contribution in [1.82, 2.24) is 3.94 Å². The van der Waals surface area contributed by atoms with Crippen molar-refractivity contribution in [2.24, 2.45) is 0 Å². The van der Waals surface area contributed by atoms with Gasteiger partial charge in [-0.2, -0.15) is 0 Å². The lowest BCUT2D eigenvalue weighted by molar-refractivity contribution is 0.405. The summed E-state index contributed by atoms with van der Waals surface area (Å²) in [5.74, 6) is 0. The normalized spacial score (nSPS) is 8.60. The maximum atomic E-state index is 8.70. The summed E-state index contributed by atoms with van der Waals surface area (Å²) >= 11 is 10.4. The van der Waals surface area contributed by atoms with Gasteiger partial charge >= 0.3 is 8.25 Å². The van der Waals surface area contributed by atoms with E-state index in [2.05, 4.69) is 0 Å². The van der Waals surface area contributed by atoms with E-state index >= 15 is 0 Å². The van der Waals surface area contributed by atoms with E-state index in [-0.39, 0.29) is 0 Å². The molecule has 0 aliphatic heterocycles. The molecule has 4 nitrogen and oxygen atoms in total. The number of hydrogen-bond donors (Lipinski definition) is 2. The van der Waals surface area contributed by atoms with Crippen molar-refractivity contribution < 1.29 is 14.4 Å². The van der Waals surface area contributed by atoms with Crippen LogP contribution in [0, 0.1) is 0 Å². The fourth-order valence-electron chi connectivity index (χ4n) is 0.169. The minimum atomic E-state index is -2.87. The Morgan fingerprint density at radius 3 is 1.80 bits per heavy atom. The fourth-order valence-corrected chi connectivity index (χ4v) is 0.507. The minimum Gasteiger partial charge on any atom is -0.134 e. The Hall–Kier alpha value is 0.560. The molecule has 0 spiro atoms. The molecule has 2 N–H and O–H groups in total. The summed E-state index contributed by atoms with van der Waals surface area (Å²) in [6, 6.07) is 0. The molecule has 0 radical (unpaired) electrons. The molecular weight excluding hydrogens is 200 g/mol.